The highest BCUT2D eigenvalue weighted by molar-refractivity contribution is 5.69. The molecule has 2 N–H and O–H groups in total. The summed E-state index contributed by atoms with van der Waals surface area (Å²) in [7, 11) is 0. The van der Waals surface area contributed by atoms with E-state index >= 15 is 0 Å². The molecular formula is C14H14N2O2. The second kappa shape index (κ2) is 6.30. The fourth-order valence-corrected chi connectivity index (χ4v) is 1.40. The lowest BCUT2D eigenvalue weighted by atomic mass is 10.2. The van der Waals surface area contributed by atoms with E-state index in [1.54, 1.807) is 12.3 Å². The third-order valence-corrected chi connectivity index (χ3v) is 2.27. The van der Waals surface area contributed by atoms with Crippen LogP contribution >= 0.6 is 0 Å². The first kappa shape index (κ1) is 12.0. The normalized spacial score (nSPS) is 13.2. The van der Waals surface area contributed by atoms with Gasteiger partial charge in [-0.15, -0.1) is 0 Å². The van der Waals surface area contributed by atoms with Crippen LogP contribution in [0.3, 0.4) is 0 Å². The highest BCUT2D eigenvalue weighted by Crippen LogP contribution is 2.01. The van der Waals surface area contributed by atoms with E-state index in [4.69, 9.17) is 4.74 Å². The molecule has 0 atom stereocenters. The molecule has 1 heterocycles. The molecule has 1 aromatic rings. The molecule has 0 radical (unpaired) electrons. The molecule has 4 nitrogen and oxygen atoms in total. The van der Waals surface area contributed by atoms with Gasteiger partial charge in [0.15, 0.2) is 0 Å². The average Bonchev–Trinajstić information content (AvgIpc) is 2.66. The van der Waals surface area contributed by atoms with Gasteiger partial charge < -0.3 is 10.1 Å². The Labute approximate surface area is 106 Å². The number of hydrogen-bond donors (Lipinski definition) is 2. The van der Waals surface area contributed by atoms with Crippen molar-refractivity contribution in [2.45, 2.75) is 6.61 Å². The monoisotopic (exact) mass is 242 g/mol. The Bertz CT molecular complexity index is 490. The number of nitrogens with one attached hydrogen (secondary N) is 2. The zero-order valence-electron chi connectivity index (χ0n) is 9.80. The van der Waals surface area contributed by atoms with E-state index in [2.05, 4.69) is 10.6 Å². The summed E-state index contributed by atoms with van der Waals surface area (Å²) in [5.41, 5.74) is 0.954. The van der Waals surface area contributed by atoms with Crippen LogP contribution in [0.25, 0.3) is 0 Å². The number of allylic oxidation sites excluding steroid dienone is 4. The van der Waals surface area contributed by atoms with Gasteiger partial charge in [-0.2, -0.15) is 0 Å². The molecule has 4 heteroatoms. The fourth-order valence-electron chi connectivity index (χ4n) is 1.40. The lowest BCUT2D eigenvalue weighted by molar-refractivity contribution is 0.142. The molecule has 0 bridgehead atoms. The number of carbonyl (C=O) groups is 1. The van der Waals surface area contributed by atoms with Crippen LogP contribution in [0.1, 0.15) is 5.56 Å². The second-order valence-electron chi connectivity index (χ2n) is 3.66. The highest BCUT2D eigenvalue weighted by Gasteiger charge is 2.04. The fraction of sp³-hybridized carbons (Fsp3) is 0.0714. The van der Waals surface area contributed by atoms with E-state index in [0.29, 0.717) is 5.82 Å². The molecule has 0 unspecified atom stereocenters. The predicted molar refractivity (Wildman–Crippen MR) is 69.3 cm³/mol. The van der Waals surface area contributed by atoms with E-state index in [-0.39, 0.29) is 6.61 Å². The zero-order valence-corrected chi connectivity index (χ0v) is 9.80. The molecule has 1 aromatic carbocycles. The largest absolute Gasteiger partial charge is 0.444 e. The smallest absolute Gasteiger partial charge is 0.413 e. The Hall–Kier alpha value is -2.49. The Balaban J connectivity index is 1.80. The lowest BCUT2D eigenvalue weighted by Crippen LogP contribution is -2.29. The molecule has 18 heavy (non-hydrogen) atoms. The maximum Gasteiger partial charge on any atom is 0.413 e. The number of hydrogen-bond acceptors (Lipinski definition) is 3. The second-order valence-corrected chi connectivity index (χ2v) is 3.66. The van der Waals surface area contributed by atoms with Crippen molar-refractivity contribution in [3.63, 3.8) is 0 Å². The van der Waals surface area contributed by atoms with E-state index in [1.165, 1.54) is 0 Å². The Morgan fingerprint density at radius 2 is 2.00 bits per heavy atom. The van der Waals surface area contributed by atoms with Crippen LogP contribution in [-0.2, 0) is 11.3 Å². The third-order valence-electron chi connectivity index (χ3n) is 2.27. The third kappa shape index (κ3) is 3.83. The van der Waals surface area contributed by atoms with E-state index in [0.717, 1.165) is 5.56 Å². The minimum atomic E-state index is -0.485. The highest BCUT2D eigenvalue weighted by atomic mass is 16.5. The van der Waals surface area contributed by atoms with Crippen molar-refractivity contribution < 1.29 is 9.53 Å². The van der Waals surface area contributed by atoms with Crippen molar-refractivity contribution in [1.29, 1.82) is 0 Å². The SMILES string of the molecule is O=C(NC1=CC=CC=CN1)OCc1ccccc1. The van der Waals surface area contributed by atoms with Crippen LogP contribution in [0.4, 0.5) is 4.79 Å². The summed E-state index contributed by atoms with van der Waals surface area (Å²) in [5.74, 6) is 0.582. The van der Waals surface area contributed by atoms with Gasteiger partial charge in [0.2, 0.25) is 0 Å². The van der Waals surface area contributed by atoms with Gasteiger partial charge in [-0.05, 0) is 17.7 Å². The first-order chi connectivity index (χ1) is 8.84. The Morgan fingerprint density at radius 1 is 1.17 bits per heavy atom. The molecule has 0 saturated heterocycles. The van der Waals surface area contributed by atoms with Crippen LogP contribution in [0.15, 0.2) is 66.7 Å². The summed E-state index contributed by atoms with van der Waals surface area (Å²) < 4.78 is 5.09. The minimum Gasteiger partial charge on any atom is -0.444 e. The molecule has 0 saturated carbocycles. The summed E-state index contributed by atoms with van der Waals surface area (Å²) in [5, 5.41) is 5.53. The van der Waals surface area contributed by atoms with Gasteiger partial charge >= 0.3 is 6.09 Å². The van der Waals surface area contributed by atoms with Gasteiger partial charge in [-0.1, -0.05) is 42.5 Å². The molecule has 1 aliphatic rings. The van der Waals surface area contributed by atoms with Crippen molar-refractivity contribution in [2.24, 2.45) is 0 Å². The molecule has 92 valence electrons. The minimum absolute atomic E-state index is 0.256. The van der Waals surface area contributed by atoms with Gasteiger partial charge in [0.25, 0.3) is 0 Å². The molecule has 0 fully saturated rings. The van der Waals surface area contributed by atoms with E-state index in [9.17, 15) is 4.79 Å². The topological polar surface area (TPSA) is 50.4 Å². The number of carbonyl (C=O) groups excluding carboxylic acids is 1. The van der Waals surface area contributed by atoms with Gasteiger partial charge in [0.05, 0.1) is 0 Å². The van der Waals surface area contributed by atoms with Crippen LogP contribution in [-0.4, -0.2) is 6.09 Å². The quantitative estimate of drug-likeness (QED) is 0.855. The molecular weight excluding hydrogens is 228 g/mol. The van der Waals surface area contributed by atoms with E-state index < -0.39 is 6.09 Å². The maximum absolute atomic E-state index is 11.5. The standard InChI is InChI=1S/C14H14N2O2/c17-14(16-13-9-5-2-6-10-15-13)18-11-12-7-3-1-4-8-12/h1-10,15H,11H2,(H,16,17). The van der Waals surface area contributed by atoms with Crippen LogP contribution in [0.2, 0.25) is 0 Å². The number of ether oxygens (including phenoxy) is 1. The molecule has 0 spiro atoms. The molecule has 1 amide bonds. The summed E-state index contributed by atoms with van der Waals surface area (Å²) in [4.78, 5) is 11.5. The van der Waals surface area contributed by atoms with Gasteiger partial charge in [-0.3, -0.25) is 5.32 Å². The summed E-state index contributed by atoms with van der Waals surface area (Å²) in [6, 6.07) is 9.54. The Kier molecular flexibility index (Phi) is 4.19. The predicted octanol–water partition coefficient (Wildman–Crippen LogP) is 2.43. The average molecular weight is 242 g/mol. The number of alkyl carbamates (subject to hydrolysis) is 1. The van der Waals surface area contributed by atoms with Crippen LogP contribution in [0, 0.1) is 0 Å². The molecule has 1 aliphatic heterocycles. The Morgan fingerprint density at radius 3 is 2.83 bits per heavy atom. The van der Waals surface area contributed by atoms with Crippen molar-refractivity contribution in [3.05, 3.63) is 72.2 Å². The number of rotatable bonds is 3. The first-order valence-electron chi connectivity index (χ1n) is 5.62. The molecule has 0 aliphatic carbocycles. The van der Waals surface area contributed by atoms with Crippen LogP contribution < -0.4 is 10.6 Å². The van der Waals surface area contributed by atoms with Gasteiger partial charge in [0.1, 0.15) is 12.4 Å². The molecule has 2 rings (SSSR count). The lowest BCUT2D eigenvalue weighted by Gasteiger charge is -2.09. The summed E-state index contributed by atoms with van der Waals surface area (Å²) in [6.45, 7) is 0.256. The summed E-state index contributed by atoms with van der Waals surface area (Å²) >= 11 is 0. The van der Waals surface area contributed by atoms with Gasteiger partial charge in [0, 0.05) is 6.20 Å². The van der Waals surface area contributed by atoms with Crippen molar-refractivity contribution >= 4 is 6.09 Å². The number of benzene rings is 1. The first-order valence-corrected chi connectivity index (χ1v) is 5.62. The maximum atomic E-state index is 11.5. The summed E-state index contributed by atoms with van der Waals surface area (Å²) in [6.07, 6.45) is 8.51. The van der Waals surface area contributed by atoms with Crippen molar-refractivity contribution in [2.75, 3.05) is 0 Å². The van der Waals surface area contributed by atoms with Crippen molar-refractivity contribution in [3.8, 4) is 0 Å². The van der Waals surface area contributed by atoms with Crippen LogP contribution in [0.5, 0.6) is 0 Å². The van der Waals surface area contributed by atoms with Gasteiger partial charge in [-0.25, -0.2) is 4.79 Å². The zero-order chi connectivity index (χ0) is 12.6. The van der Waals surface area contributed by atoms with Crippen molar-refractivity contribution in [1.82, 2.24) is 10.6 Å². The number of amides is 1. The molecule has 0 aromatic heterocycles. The van der Waals surface area contributed by atoms with E-state index in [1.807, 2.05) is 48.6 Å².